The van der Waals surface area contributed by atoms with Crippen LogP contribution in [0.15, 0.2) is 12.1 Å². The van der Waals surface area contributed by atoms with Crippen molar-refractivity contribution in [1.82, 2.24) is 0 Å². The van der Waals surface area contributed by atoms with Crippen LogP contribution >= 0.6 is 0 Å². The van der Waals surface area contributed by atoms with Gasteiger partial charge in [0.2, 0.25) is 0 Å². The molecule has 3 aliphatic carbocycles. The van der Waals surface area contributed by atoms with Gasteiger partial charge in [0.05, 0.1) is 17.6 Å². The molecule has 3 N–H and O–H groups in total. The average Bonchev–Trinajstić information content (AvgIpc) is 2.80. The molecule has 3 unspecified atom stereocenters. The second-order valence-electron chi connectivity index (χ2n) is 12.1. The highest BCUT2D eigenvalue weighted by Gasteiger charge is 2.80. The van der Waals surface area contributed by atoms with Gasteiger partial charge in [0.1, 0.15) is 23.2 Å². The van der Waals surface area contributed by atoms with Crippen LogP contribution in [0.3, 0.4) is 0 Å². The predicted octanol–water partition coefficient (Wildman–Crippen LogP) is 1.76. The third-order valence-corrected chi connectivity index (χ3v) is 9.73. The lowest BCUT2D eigenvalue weighted by atomic mass is 9.37. The Labute approximate surface area is 220 Å². The first-order chi connectivity index (χ1) is 17.4. The molecule has 9 heteroatoms. The zero-order valence-electron chi connectivity index (χ0n) is 22.6. The SMILES string of the molecule is CC(=O)Cc1ccc(O)c2c1[C@@H](C)[C@@]1(C)C(C2=O)C(=O)[C@@]2(O)C(=O)C(C(C)=O)C(=O)C(C(C)C)[C@@]2(C)[C@@H]1O. The van der Waals surface area contributed by atoms with E-state index in [1.54, 1.807) is 20.8 Å². The van der Waals surface area contributed by atoms with Crippen molar-refractivity contribution < 1.29 is 44.1 Å². The summed E-state index contributed by atoms with van der Waals surface area (Å²) in [7, 11) is 0. The molecule has 0 bridgehead atoms. The lowest BCUT2D eigenvalue weighted by molar-refractivity contribution is -0.240. The Hall–Kier alpha value is -3.04. The number of hydrogen-bond donors (Lipinski definition) is 3. The van der Waals surface area contributed by atoms with Crippen molar-refractivity contribution in [2.24, 2.45) is 34.5 Å². The van der Waals surface area contributed by atoms with E-state index in [0.29, 0.717) is 11.1 Å². The van der Waals surface area contributed by atoms with Crippen LogP contribution in [-0.2, 0) is 30.4 Å². The van der Waals surface area contributed by atoms with E-state index in [1.165, 1.54) is 32.9 Å². The third kappa shape index (κ3) is 3.06. The van der Waals surface area contributed by atoms with Crippen LogP contribution in [-0.4, -0.2) is 61.7 Å². The van der Waals surface area contributed by atoms with Crippen molar-refractivity contribution in [2.45, 2.75) is 72.5 Å². The highest BCUT2D eigenvalue weighted by molar-refractivity contribution is 6.33. The number of hydrogen-bond acceptors (Lipinski definition) is 9. The number of aromatic hydroxyl groups is 1. The van der Waals surface area contributed by atoms with Gasteiger partial charge in [-0.3, -0.25) is 28.8 Å². The Kier molecular flexibility index (Phi) is 6.24. The van der Waals surface area contributed by atoms with Gasteiger partial charge in [0, 0.05) is 23.2 Å². The van der Waals surface area contributed by atoms with Gasteiger partial charge in [0.25, 0.3) is 0 Å². The standard InChI is InChI=1S/C29H34O9/c1-11(2)20-22(33)18(14(5)31)24(35)29(38)25(36)21-23(34)19-16(32)9-8-15(10-12(3)30)17(19)13(4)27(21,6)26(37)28(20,29)7/h8-9,11,13,18,20-21,26,32,37-38H,10H2,1-7H3/t13-,18?,20?,21?,26-,27+,28+,29+/m1/s1. The minimum atomic E-state index is -3.00. The average molecular weight is 527 g/mol. The highest BCUT2D eigenvalue weighted by atomic mass is 16.3. The van der Waals surface area contributed by atoms with E-state index in [-0.39, 0.29) is 17.8 Å². The summed E-state index contributed by atoms with van der Waals surface area (Å²) in [5.74, 6) is -12.0. The van der Waals surface area contributed by atoms with Gasteiger partial charge in [-0.2, -0.15) is 0 Å². The Bertz CT molecular complexity index is 1330. The molecule has 9 nitrogen and oxygen atoms in total. The summed E-state index contributed by atoms with van der Waals surface area (Å²) in [6.45, 7) is 10.1. The van der Waals surface area contributed by atoms with Crippen LogP contribution in [0.5, 0.6) is 5.75 Å². The maximum absolute atomic E-state index is 14.3. The van der Waals surface area contributed by atoms with Crippen LogP contribution in [0.1, 0.15) is 75.9 Å². The van der Waals surface area contributed by atoms with Crippen molar-refractivity contribution in [2.75, 3.05) is 0 Å². The van der Waals surface area contributed by atoms with Gasteiger partial charge in [-0.05, 0) is 42.9 Å². The van der Waals surface area contributed by atoms with Crippen LogP contribution in [0.4, 0.5) is 0 Å². The lowest BCUT2D eigenvalue weighted by Crippen LogP contribution is -2.82. The summed E-state index contributed by atoms with van der Waals surface area (Å²) in [5.41, 5.74) is -6.14. The zero-order valence-corrected chi connectivity index (χ0v) is 22.6. The molecule has 0 amide bonds. The van der Waals surface area contributed by atoms with Crippen LogP contribution < -0.4 is 0 Å². The fraction of sp³-hybridized carbons (Fsp3) is 0.586. The first kappa shape index (κ1) is 28.0. The van der Waals surface area contributed by atoms with E-state index < -0.39 is 86.8 Å². The van der Waals surface area contributed by atoms with Gasteiger partial charge in [-0.15, -0.1) is 0 Å². The van der Waals surface area contributed by atoms with Gasteiger partial charge in [0.15, 0.2) is 28.7 Å². The van der Waals surface area contributed by atoms with Crippen molar-refractivity contribution >= 4 is 34.7 Å². The van der Waals surface area contributed by atoms with Gasteiger partial charge >= 0.3 is 0 Å². The molecule has 0 radical (unpaired) electrons. The summed E-state index contributed by atoms with van der Waals surface area (Å²) < 4.78 is 0. The number of ketones is 6. The summed E-state index contributed by atoms with van der Waals surface area (Å²) in [4.78, 5) is 80.1. The van der Waals surface area contributed by atoms with E-state index in [0.717, 1.165) is 6.92 Å². The molecular weight excluding hydrogens is 492 g/mol. The highest BCUT2D eigenvalue weighted by Crippen LogP contribution is 2.66. The molecule has 0 heterocycles. The number of phenols is 1. The largest absolute Gasteiger partial charge is 0.507 e. The molecule has 204 valence electrons. The van der Waals surface area contributed by atoms with E-state index in [9.17, 15) is 44.1 Å². The normalized spacial score (nSPS) is 38.5. The molecule has 1 aromatic rings. The Morgan fingerprint density at radius 3 is 2.11 bits per heavy atom. The fourth-order valence-electron chi connectivity index (χ4n) is 7.93. The molecule has 2 saturated carbocycles. The third-order valence-electron chi connectivity index (χ3n) is 9.73. The van der Waals surface area contributed by atoms with E-state index in [2.05, 4.69) is 0 Å². The molecule has 0 aliphatic heterocycles. The Morgan fingerprint density at radius 2 is 1.61 bits per heavy atom. The molecule has 38 heavy (non-hydrogen) atoms. The molecule has 8 atom stereocenters. The van der Waals surface area contributed by atoms with Crippen molar-refractivity contribution in [3.05, 3.63) is 28.8 Å². The van der Waals surface area contributed by atoms with Crippen molar-refractivity contribution in [1.29, 1.82) is 0 Å². The summed E-state index contributed by atoms with van der Waals surface area (Å²) >= 11 is 0. The van der Waals surface area contributed by atoms with Crippen LogP contribution in [0, 0.1) is 34.5 Å². The monoisotopic (exact) mass is 526 g/mol. The zero-order chi connectivity index (χ0) is 28.9. The van der Waals surface area contributed by atoms with Crippen LogP contribution in [0.25, 0.3) is 0 Å². The maximum Gasteiger partial charge on any atom is 0.191 e. The number of carbonyl (C=O) groups excluding carboxylic acids is 6. The number of Topliss-reactive ketones (excluding diaryl/α,β-unsaturated/α-hetero) is 6. The smallest absolute Gasteiger partial charge is 0.191 e. The van der Waals surface area contributed by atoms with Gasteiger partial charge in [-0.25, -0.2) is 0 Å². The van der Waals surface area contributed by atoms with E-state index >= 15 is 0 Å². The molecule has 0 saturated heterocycles. The summed E-state index contributed by atoms with van der Waals surface area (Å²) in [5, 5.41) is 34.9. The number of benzene rings is 1. The van der Waals surface area contributed by atoms with E-state index in [1.807, 2.05) is 0 Å². The second kappa shape index (κ2) is 8.48. The van der Waals surface area contributed by atoms with Crippen LogP contribution in [0.2, 0.25) is 0 Å². The number of rotatable bonds is 4. The molecule has 1 aromatic carbocycles. The summed E-state index contributed by atoms with van der Waals surface area (Å²) in [6, 6.07) is 2.76. The van der Waals surface area contributed by atoms with Gasteiger partial charge in [-0.1, -0.05) is 40.7 Å². The number of fused-ring (bicyclic) bond motifs is 3. The Morgan fingerprint density at radius 1 is 1.03 bits per heavy atom. The lowest BCUT2D eigenvalue weighted by Gasteiger charge is -2.65. The molecule has 2 fully saturated rings. The quantitative estimate of drug-likeness (QED) is 0.496. The minimum Gasteiger partial charge on any atom is -0.507 e. The number of aliphatic hydroxyl groups is 2. The maximum atomic E-state index is 14.3. The Balaban J connectivity index is 2.08. The predicted molar refractivity (Wildman–Crippen MR) is 133 cm³/mol. The van der Waals surface area contributed by atoms with E-state index in [4.69, 9.17) is 0 Å². The number of aliphatic hydroxyl groups excluding tert-OH is 1. The topological polar surface area (TPSA) is 163 Å². The second-order valence-corrected chi connectivity index (χ2v) is 12.1. The number of carbonyl (C=O) groups is 6. The minimum absolute atomic E-state index is 0.0574. The molecular formula is C29H34O9. The number of phenolic OH excluding ortho intramolecular Hbond substituents is 1. The summed E-state index contributed by atoms with van der Waals surface area (Å²) in [6.07, 6.45) is -1.80. The molecule has 4 rings (SSSR count). The molecule has 3 aliphatic rings. The van der Waals surface area contributed by atoms with Crippen molar-refractivity contribution in [3.8, 4) is 5.75 Å². The molecule has 0 aromatic heterocycles. The first-order valence-electron chi connectivity index (χ1n) is 12.8. The van der Waals surface area contributed by atoms with Crippen molar-refractivity contribution in [3.63, 3.8) is 0 Å². The first-order valence-corrected chi connectivity index (χ1v) is 12.8. The van der Waals surface area contributed by atoms with Gasteiger partial charge < -0.3 is 15.3 Å². The molecule has 0 spiro atoms. The fourth-order valence-corrected chi connectivity index (χ4v) is 7.93.